The Labute approximate surface area is 197 Å². The van der Waals surface area contributed by atoms with Gasteiger partial charge in [0.1, 0.15) is 5.82 Å². The van der Waals surface area contributed by atoms with Gasteiger partial charge in [-0.2, -0.15) is 0 Å². The first-order chi connectivity index (χ1) is 15.5. The number of aromatic nitrogens is 2. The van der Waals surface area contributed by atoms with Crippen molar-refractivity contribution in [3.8, 4) is 0 Å². The largest absolute Gasteiger partial charge is 0.365 e. The lowest BCUT2D eigenvalue weighted by atomic mass is 10.0. The van der Waals surface area contributed by atoms with E-state index in [2.05, 4.69) is 50.6 Å². The number of carbonyl (C=O) groups excluding carboxylic acids is 1. The molecule has 0 spiro atoms. The molecule has 0 unspecified atom stereocenters. The van der Waals surface area contributed by atoms with E-state index in [9.17, 15) is 4.79 Å². The molecule has 3 aromatic rings. The van der Waals surface area contributed by atoms with Crippen molar-refractivity contribution in [3.63, 3.8) is 0 Å². The molecule has 164 valence electrons. The van der Waals surface area contributed by atoms with Crippen molar-refractivity contribution < 1.29 is 4.79 Å². The van der Waals surface area contributed by atoms with Gasteiger partial charge in [0.05, 0.1) is 11.6 Å². The molecule has 0 radical (unpaired) electrons. The third-order valence-electron chi connectivity index (χ3n) is 6.32. The average Bonchev–Trinajstić information content (AvgIpc) is 2.82. The molecular weight excluding hydrogens is 442 g/mol. The van der Waals surface area contributed by atoms with Gasteiger partial charge in [-0.3, -0.25) is 4.79 Å². The molecule has 0 saturated carbocycles. The van der Waals surface area contributed by atoms with Gasteiger partial charge in [-0.25, -0.2) is 4.98 Å². The SMILES string of the molecule is C=CC(=O)N1CCN(c2nc(=S)[nH]c3c2CCN(c2cccc4cccc(Cl)c24)C3)CC1. The molecule has 6 nitrogen and oxygen atoms in total. The zero-order chi connectivity index (χ0) is 22.2. The van der Waals surface area contributed by atoms with Gasteiger partial charge in [0.15, 0.2) is 4.77 Å². The Morgan fingerprint density at radius 3 is 2.59 bits per heavy atom. The highest BCUT2D eigenvalue weighted by molar-refractivity contribution is 7.71. The van der Waals surface area contributed by atoms with Crippen LogP contribution in [0.3, 0.4) is 0 Å². The topological polar surface area (TPSA) is 55.5 Å². The molecule has 0 bridgehead atoms. The molecule has 8 heteroatoms. The summed E-state index contributed by atoms with van der Waals surface area (Å²) in [5, 5.41) is 2.98. The van der Waals surface area contributed by atoms with E-state index in [4.69, 9.17) is 23.8 Å². The summed E-state index contributed by atoms with van der Waals surface area (Å²) in [6, 6.07) is 12.3. The fourth-order valence-electron chi connectivity index (χ4n) is 4.72. The summed E-state index contributed by atoms with van der Waals surface area (Å²) in [5.41, 5.74) is 3.44. The van der Waals surface area contributed by atoms with Gasteiger partial charge >= 0.3 is 0 Å². The number of hydrogen-bond acceptors (Lipinski definition) is 5. The lowest BCUT2D eigenvalue weighted by Crippen LogP contribution is -2.49. The second-order valence-corrected chi connectivity index (χ2v) is 8.92. The third-order valence-corrected chi connectivity index (χ3v) is 6.83. The number of aromatic amines is 1. The predicted molar refractivity (Wildman–Crippen MR) is 132 cm³/mol. The van der Waals surface area contributed by atoms with Crippen LogP contribution >= 0.6 is 23.8 Å². The number of benzene rings is 2. The van der Waals surface area contributed by atoms with Crippen LogP contribution in [0.1, 0.15) is 11.3 Å². The number of fused-ring (bicyclic) bond motifs is 2. The molecule has 3 heterocycles. The minimum atomic E-state index is -0.0191. The van der Waals surface area contributed by atoms with Gasteiger partial charge in [-0.15, -0.1) is 0 Å². The van der Waals surface area contributed by atoms with Crippen molar-refractivity contribution in [3.05, 3.63) is 70.1 Å². The number of nitrogens with one attached hydrogen (secondary N) is 1. The second kappa shape index (κ2) is 8.56. The van der Waals surface area contributed by atoms with Crippen LogP contribution in [0.2, 0.25) is 5.02 Å². The van der Waals surface area contributed by atoms with Gasteiger partial charge in [0.2, 0.25) is 5.91 Å². The van der Waals surface area contributed by atoms with Gasteiger partial charge in [-0.05, 0) is 42.2 Å². The van der Waals surface area contributed by atoms with Crippen molar-refractivity contribution >= 4 is 52.0 Å². The van der Waals surface area contributed by atoms with Gasteiger partial charge < -0.3 is 19.7 Å². The van der Waals surface area contributed by atoms with E-state index in [0.29, 0.717) is 24.4 Å². The van der Waals surface area contributed by atoms with Crippen molar-refractivity contribution in [2.45, 2.75) is 13.0 Å². The summed E-state index contributed by atoms with van der Waals surface area (Å²) >= 11 is 12.1. The fraction of sp³-hybridized carbons (Fsp3) is 0.292. The molecule has 0 aliphatic carbocycles. The number of carbonyl (C=O) groups is 1. The Morgan fingerprint density at radius 2 is 1.84 bits per heavy atom. The highest BCUT2D eigenvalue weighted by Crippen LogP contribution is 2.36. The van der Waals surface area contributed by atoms with Gasteiger partial charge in [-0.1, -0.05) is 42.4 Å². The molecule has 1 N–H and O–H groups in total. The van der Waals surface area contributed by atoms with Gasteiger partial charge in [0, 0.05) is 55.1 Å². The molecule has 1 aromatic heterocycles. The van der Waals surface area contributed by atoms with E-state index in [1.807, 2.05) is 17.0 Å². The number of rotatable bonds is 3. The van der Waals surface area contributed by atoms with E-state index in [0.717, 1.165) is 59.0 Å². The highest BCUT2D eigenvalue weighted by atomic mass is 35.5. The maximum absolute atomic E-state index is 11.9. The average molecular weight is 466 g/mol. The third kappa shape index (κ3) is 3.76. The van der Waals surface area contributed by atoms with Crippen LogP contribution in [0.15, 0.2) is 49.1 Å². The standard InChI is InChI=1S/C24H24ClN5OS/c1-2-21(31)28-11-13-29(14-12-28)23-17-9-10-30(15-19(17)26-24(32)27-23)20-8-4-6-16-5-3-7-18(25)22(16)20/h2-8H,1,9-15H2,(H,26,27,32). The summed E-state index contributed by atoms with van der Waals surface area (Å²) < 4.78 is 0.487. The molecular formula is C24H24ClN5OS. The Kier molecular flexibility index (Phi) is 5.61. The van der Waals surface area contributed by atoms with Crippen LogP contribution in [0.25, 0.3) is 10.8 Å². The molecule has 2 aromatic carbocycles. The molecule has 2 aliphatic heterocycles. The predicted octanol–water partition coefficient (Wildman–Crippen LogP) is 4.34. The van der Waals surface area contributed by atoms with Gasteiger partial charge in [0.25, 0.3) is 0 Å². The molecule has 5 rings (SSSR count). The van der Waals surface area contributed by atoms with E-state index in [-0.39, 0.29) is 5.91 Å². The number of halogens is 1. The number of nitrogens with zero attached hydrogens (tertiary/aromatic N) is 4. The zero-order valence-electron chi connectivity index (χ0n) is 17.7. The molecule has 32 heavy (non-hydrogen) atoms. The first kappa shape index (κ1) is 21.0. The van der Waals surface area contributed by atoms with Crippen LogP contribution < -0.4 is 9.80 Å². The Morgan fingerprint density at radius 1 is 1.09 bits per heavy atom. The summed E-state index contributed by atoms with van der Waals surface area (Å²) in [7, 11) is 0. The maximum atomic E-state index is 11.9. The molecule has 1 fully saturated rings. The monoisotopic (exact) mass is 465 g/mol. The number of anilines is 2. The van der Waals surface area contributed by atoms with E-state index >= 15 is 0 Å². The molecule has 1 saturated heterocycles. The number of hydrogen-bond donors (Lipinski definition) is 1. The van der Waals surface area contributed by atoms with Crippen molar-refractivity contribution in [2.75, 3.05) is 42.5 Å². The summed E-state index contributed by atoms with van der Waals surface area (Å²) in [6.07, 6.45) is 2.24. The smallest absolute Gasteiger partial charge is 0.246 e. The van der Waals surface area contributed by atoms with E-state index in [1.54, 1.807) is 0 Å². The first-order valence-corrected chi connectivity index (χ1v) is 11.5. The lowest BCUT2D eigenvalue weighted by molar-refractivity contribution is -0.126. The Bertz CT molecular complexity index is 1260. The van der Waals surface area contributed by atoms with Crippen LogP contribution in [0.4, 0.5) is 11.5 Å². The normalized spacial score (nSPS) is 16.2. The maximum Gasteiger partial charge on any atom is 0.246 e. The van der Waals surface area contributed by atoms with Crippen molar-refractivity contribution in [1.29, 1.82) is 0 Å². The van der Waals surface area contributed by atoms with E-state index in [1.165, 1.54) is 11.6 Å². The molecule has 0 atom stereocenters. The fourth-order valence-corrected chi connectivity index (χ4v) is 5.21. The van der Waals surface area contributed by atoms with Crippen LogP contribution in [-0.4, -0.2) is 53.5 Å². The number of amides is 1. The summed E-state index contributed by atoms with van der Waals surface area (Å²) in [5.74, 6) is 0.930. The van der Waals surface area contributed by atoms with Crippen molar-refractivity contribution in [2.24, 2.45) is 0 Å². The van der Waals surface area contributed by atoms with Crippen LogP contribution in [0, 0.1) is 4.77 Å². The minimum absolute atomic E-state index is 0.0191. The highest BCUT2D eigenvalue weighted by Gasteiger charge is 2.27. The van der Waals surface area contributed by atoms with E-state index < -0.39 is 0 Å². The molecule has 2 aliphatic rings. The summed E-state index contributed by atoms with van der Waals surface area (Å²) in [4.78, 5) is 26.4. The number of H-pyrrole nitrogens is 1. The second-order valence-electron chi connectivity index (χ2n) is 8.13. The molecule has 1 amide bonds. The Hall–Kier alpha value is -2.90. The Balaban J connectivity index is 1.45. The summed E-state index contributed by atoms with van der Waals surface area (Å²) in [6.45, 7) is 7.97. The van der Waals surface area contributed by atoms with Crippen LogP contribution in [-0.2, 0) is 17.8 Å². The van der Waals surface area contributed by atoms with Crippen LogP contribution in [0.5, 0.6) is 0 Å². The first-order valence-electron chi connectivity index (χ1n) is 10.8. The zero-order valence-corrected chi connectivity index (χ0v) is 19.3. The minimum Gasteiger partial charge on any atom is -0.365 e. The quantitative estimate of drug-likeness (QED) is 0.460. The lowest BCUT2D eigenvalue weighted by Gasteiger charge is -2.38. The number of piperazine rings is 1. The van der Waals surface area contributed by atoms with Crippen molar-refractivity contribution in [1.82, 2.24) is 14.9 Å².